The fourth-order valence-electron chi connectivity index (χ4n) is 6.51. The minimum absolute atomic E-state index is 0.0190. The molecule has 1 unspecified atom stereocenters. The molecule has 0 aliphatic carbocycles. The first-order valence-electron chi connectivity index (χ1n) is 14.4. The molecule has 2 fully saturated rings. The van der Waals surface area contributed by atoms with Crippen LogP contribution in [0.15, 0.2) is 35.1 Å². The van der Waals surface area contributed by atoms with Crippen molar-refractivity contribution in [2.24, 2.45) is 7.05 Å². The molecule has 0 spiro atoms. The highest BCUT2D eigenvalue weighted by atomic mass is 19.1. The molecule has 3 aromatic heterocycles. The summed E-state index contributed by atoms with van der Waals surface area (Å²) in [6.45, 7) is 8.79. The fourth-order valence-corrected chi connectivity index (χ4v) is 6.51. The number of carbonyl (C=O) groups excluding carboxylic acids is 1. The van der Waals surface area contributed by atoms with E-state index in [1.807, 2.05) is 45.2 Å². The summed E-state index contributed by atoms with van der Waals surface area (Å²) < 4.78 is 19.3. The number of aromatic nitrogens is 3. The molecule has 40 heavy (non-hydrogen) atoms. The molecule has 1 aromatic carbocycles. The van der Waals surface area contributed by atoms with Crippen LogP contribution in [0.3, 0.4) is 0 Å². The maximum atomic E-state index is 15.6. The molecule has 2 saturated heterocycles. The molecular formula is C30H38FN7O2. The van der Waals surface area contributed by atoms with Gasteiger partial charge in [0.25, 0.3) is 5.91 Å². The first-order valence-corrected chi connectivity index (χ1v) is 14.4. The van der Waals surface area contributed by atoms with E-state index in [-0.39, 0.29) is 16.8 Å². The molecule has 1 N–H and O–H groups in total. The van der Waals surface area contributed by atoms with Crippen LogP contribution < -0.4 is 15.6 Å². The Morgan fingerprint density at radius 2 is 1.82 bits per heavy atom. The number of amides is 1. The van der Waals surface area contributed by atoms with Crippen LogP contribution in [-0.2, 0) is 7.05 Å². The number of carbonyl (C=O) groups is 1. The average molecular weight is 548 g/mol. The number of likely N-dealkylation sites (tertiary alicyclic amines) is 1. The highest BCUT2D eigenvalue weighted by molar-refractivity contribution is 6.05. The van der Waals surface area contributed by atoms with Gasteiger partial charge in [-0.3, -0.25) is 18.9 Å². The number of nitrogens with one attached hydrogen (secondary N) is 1. The molecule has 2 aliphatic rings. The standard InChI is InChI=1S/C30H38FN7O2/c1-19(2)36-14-16-37(17-15-36)28-22(31)18-21-26(39)25(29(40)32-12-11-20-8-7-13-34(20)3)30-35(4)23-9-5-6-10-24(23)38(30)27(21)33-28/h5-6,9-10,18-20H,7-8,11-17H2,1-4H3,(H,32,40). The van der Waals surface area contributed by atoms with Gasteiger partial charge in [-0.05, 0) is 64.9 Å². The van der Waals surface area contributed by atoms with Gasteiger partial charge in [0.2, 0.25) is 5.43 Å². The number of pyridine rings is 2. The Hall–Kier alpha value is -3.50. The van der Waals surface area contributed by atoms with Gasteiger partial charge in [-0.2, -0.15) is 0 Å². The Morgan fingerprint density at radius 1 is 1.10 bits per heavy atom. The van der Waals surface area contributed by atoms with Crippen molar-refractivity contribution in [1.82, 2.24) is 29.1 Å². The lowest BCUT2D eigenvalue weighted by atomic mass is 10.1. The monoisotopic (exact) mass is 547 g/mol. The quantitative estimate of drug-likeness (QED) is 0.400. The molecular weight excluding hydrogens is 509 g/mol. The molecule has 212 valence electrons. The second-order valence-electron chi connectivity index (χ2n) is 11.5. The first kappa shape index (κ1) is 26.7. The van der Waals surface area contributed by atoms with Crippen LogP contribution in [-0.4, -0.2) is 88.1 Å². The summed E-state index contributed by atoms with van der Waals surface area (Å²) in [5, 5.41) is 3.10. The number of para-hydroxylation sites is 2. The van der Waals surface area contributed by atoms with Gasteiger partial charge in [-0.1, -0.05) is 12.1 Å². The minimum Gasteiger partial charge on any atom is -0.352 e. The summed E-state index contributed by atoms with van der Waals surface area (Å²) >= 11 is 0. The van der Waals surface area contributed by atoms with Gasteiger partial charge < -0.3 is 19.7 Å². The molecule has 1 amide bonds. The lowest BCUT2D eigenvalue weighted by Crippen LogP contribution is -2.49. The lowest BCUT2D eigenvalue weighted by molar-refractivity contribution is 0.0950. The molecule has 4 aromatic rings. The number of aryl methyl sites for hydroxylation is 1. The van der Waals surface area contributed by atoms with E-state index in [9.17, 15) is 9.59 Å². The highest BCUT2D eigenvalue weighted by Crippen LogP contribution is 2.29. The highest BCUT2D eigenvalue weighted by Gasteiger charge is 2.28. The van der Waals surface area contributed by atoms with Crippen LogP contribution in [0, 0.1) is 5.82 Å². The van der Waals surface area contributed by atoms with Crippen LogP contribution in [0.5, 0.6) is 0 Å². The predicted octanol–water partition coefficient (Wildman–Crippen LogP) is 3.22. The van der Waals surface area contributed by atoms with E-state index in [1.54, 1.807) is 0 Å². The van der Waals surface area contributed by atoms with Gasteiger partial charge in [0.15, 0.2) is 17.3 Å². The number of hydrogen-bond donors (Lipinski definition) is 1. The van der Waals surface area contributed by atoms with Crippen molar-refractivity contribution in [3.63, 3.8) is 0 Å². The second kappa shape index (κ2) is 10.5. The van der Waals surface area contributed by atoms with Crippen molar-refractivity contribution < 1.29 is 9.18 Å². The minimum atomic E-state index is -0.543. The van der Waals surface area contributed by atoms with Crippen molar-refractivity contribution in [2.75, 3.05) is 51.2 Å². The number of anilines is 1. The topological polar surface area (TPSA) is 78.1 Å². The summed E-state index contributed by atoms with van der Waals surface area (Å²) in [5.41, 5.74) is 2.01. The maximum absolute atomic E-state index is 15.6. The largest absolute Gasteiger partial charge is 0.352 e. The smallest absolute Gasteiger partial charge is 0.259 e. The maximum Gasteiger partial charge on any atom is 0.259 e. The third kappa shape index (κ3) is 4.43. The number of piperazine rings is 1. The average Bonchev–Trinajstić information content (AvgIpc) is 3.49. The molecule has 5 heterocycles. The Morgan fingerprint density at radius 3 is 2.50 bits per heavy atom. The van der Waals surface area contributed by atoms with E-state index in [1.165, 1.54) is 6.07 Å². The van der Waals surface area contributed by atoms with E-state index in [4.69, 9.17) is 4.98 Å². The van der Waals surface area contributed by atoms with Gasteiger partial charge in [-0.15, -0.1) is 0 Å². The molecule has 1 atom stereocenters. The number of rotatable bonds is 6. The number of halogens is 1. The summed E-state index contributed by atoms with van der Waals surface area (Å²) in [7, 11) is 3.96. The van der Waals surface area contributed by atoms with Gasteiger partial charge in [0.1, 0.15) is 11.2 Å². The predicted molar refractivity (Wildman–Crippen MR) is 157 cm³/mol. The van der Waals surface area contributed by atoms with Gasteiger partial charge in [0.05, 0.1) is 16.4 Å². The number of fused-ring (bicyclic) bond motifs is 5. The molecule has 6 rings (SSSR count). The van der Waals surface area contributed by atoms with E-state index in [0.717, 1.165) is 49.9 Å². The van der Waals surface area contributed by atoms with Gasteiger partial charge in [-0.25, -0.2) is 9.37 Å². The Bertz CT molecular complexity index is 1650. The fraction of sp³-hybridized carbons (Fsp3) is 0.500. The van der Waals surface area contributed by atoms with E-state index in [0.29, 0.717) is 43.0 Å². The zero-order chi connectivity index (χ0) is 28.1. The van der Waals surface area contributed by atoms with Gasteiger partial charge in [0, 0.05) is 51.9 Å². The zero-order valence-electron chi connectivity index (χ0n) is 23.8. The number of imidazole rings is 1. The van der Waals surface area contributed by atoms with Crippen LogP contribution in [0.1, 0.15) is 43.5 Å². The van der Waals surface area contributed by atoms with Crippen LogP contribution >= 0.6 is 0 Å². The normalized spacial score (nSPS) is 19.1. The van der Waals surface area contributed by atoms with Crippen molar-refractivity contribution in [3.8, 4) is 0 Å². The van der Waals surface area contributed by atoms with Crippen LogP contribution in [0.4, 0.5) is 10.2 Å². The van der Waals surface area contributed by atoms with E-state index in [2.05, 4.69) is 36.0 Å². The van der Waals surface area contributed by atoms with Crippen molar-refractivity contribution in [3.05, 3.63) is 51.9 Å². The molecule has 2 aliphatic heterocycles. The number of nitrogens with zero attached hydrogens (tertiary/aromatic N) is 6. The first-order chi connectivity index (χ1) is 19.3. The molecule has 0 radical (unpaired) electrons. The molecule has 0 bridgehead atoms. The van der Waals surface area contributed by atoms with E-state index >= 15 is 4.39 Å². The Balaban J connectivity index is 1.46. The third-order valence-corrected chi connectivity index (χ3v) is 8.86. The lowest BCUT2D eigenvalue weighted by Gasteiger charge is -2.37. The van der Waals surface area contributed by atoms with E-state index < -0.39 is 17.2 Å². The van der Waals surface area contributed by atoms with Crippen LogP contribution in [0.25, 0.3) is 27.7 Å². The summed E-state index contributed by atoms with van der Waals surface area (Å²) in [5.74, 6) is -0.737. The summed E-state index contributed by atoms with van der Waals surface area (Å²) in [6, 6.07) is 9.85. The van der Waals surface area contributed by atoms with Crippen molar-refractivity contribution in [1.29, 1.82) is 0 Å². The molecule has 0 saturated carbocycles. The number of hydrogen-bond acceptors (Lipinski definition) is 6. The number of benzene rings is 1. The third-order valence-electron chi connectivity index (χ3n) is 8.86. The Labute approximate surface area is 233 Å². The van der Waals surface area contributed by atoms with Crippen molar-refractivity contribution >= 4 is 39.4 Å². The van der Waals surface area contributed by atoms with Crippen LogP contribution in [0.2, 0.25) is 0 Å². The Kier molecular flexibility index (Phi) is 7.00. The summed E-state index contributed by atoms with van der Waals surface area (Å²) in [6.07, 6.45) is 3.09. The van der Waals surface area contributed by atoms with Crippen molar-refractivity contribution in [2.45, 2.75) is 45.2 Å². The second-order valence-corrected chi connectivity index (χ2v) is 11.5. The summed E-state index contributed by atoms with van der Waals surface area (Å²) in [4.78, 5) is 38.9. The SMILES string of the molecule is CC(C)N1CCN(c2nc3c(cc2F)c(=O)c(C(=O)NCCC2CCCN2C)c2n(C)c4ccccc4n32)CC1. The molecule has 9 nitrogen and oxygen atoms in total. The van der Waals surface area contributed by atoms with Gasteiger partial charge >= 0.3 is 0 Å². The molecule has 10 heteroatoms. The zero-order valence-corrected chi connectivity index (χ0v) is 23.8.